The first-order chi connectivity index (χ1) is 8.89. The van der Waals surface area contributed by atoms with Crippen molar-refractivity contribution in [2.45, 2.75) is 59.3 Å². The average molecular weight is 336 g/mol. The first-order valence-electron chi connectivity index (χ1n) is 6.81. The highest BCUT2D eigenvalue weighted by molar-refractivity contribution is 7.46. The Morgan fingerprint density at radius 1 is 0.810 bits per heavy atom. The van der Waals surface area contributed by atoms with Crippen molar-refractivity contribution in [2.24, 2.45) is 0 Å². The molecule has 0 aliphatic rings. The van der Waals surface area contributed by atoms with E-state index in [0.717, 1.165) is 19.3 Å². The van der Waals surface area contributed by atoms with Crippen molar-refractivity contribution in [3.05, 3.63) is 0 Å². The monoisotopic (exact) mass is 336 g/mol. The Kier molecular flexibility index (Phi) is 44.0. The fraction of sp³-hybridized carbons (Fsp3) is 1.00. The standard InChI is InChI=1S/C8H19O4P.2C2H6O.2H3N/c1-2-3-4-5-6-7-8-12-13(9,10)11;2*1-2-3;;/h2-8H2,1H3,(H2,9,10,11);2*3H,2H2,1H3;2*1H3. The molecule has 0 amide bonds. The zero-order chi connectivity index (χ0) is 15.6. The molecule has 0 rings (SSSR count). The molecule has 0 saturated heterocycles. The second-order valence-corrected chi connectivity index (χ2v) is 4.96. The summed E-state index contributed by atoms with van der Waals surface area (Å²) in [6.45, 7) is 6.17. The number of unbranched alkanes of at least 4 members (excludes halogenated alkanes) is 5. The van der Waals surface area contributed by atoms with Gasteiger partial charge in [0.1, 0.15) is 0 Å². The van der Waals surface area contributed by atoms with E-state index in [2.05, 4.69) is 11.4 Å². The average Bonchev–Trinajstić information content (AvgIpc) is 2.28. The predicted molar refractivity (Wildman–Crippen MR) is 86.9 cm³/mol. The number of aliphatic hydroxyl groups is 2. The first kappa shape index (κ1) is 32.8. The van der Waals surface area contributed by atoms with E-state index in [1.54, 1.807) is 13.8 Å². The van der Waals surface area contributed by atoms with Gasteiger partial charge in [0.15, 0.2) is 0 Å². The molecule has 0 bridgehead atoms. The molecule has 8 nitrogen and oxygen atoms in total. The number of hydrogen-bond donors (Lipinski definition) is 6. The molecule has 0 aliphatic heterocycles. The number of phosphoric ester groups is 1. The van der Waals surface area contributed by atoms with Gasteiger partial charge in [0, 0.05) is 13.2 Å². The van der Waals surface area contributed by atoms with Crippen LogP contribution in [-0.2, 0) is 9.09 Å². The summed E-state index contributed by atoms with van der Waals surface area (Å²) in [6.07, 6.45) is 6.48. The minimum Gasteiger partial charge on any atom is -0.397 e. The van der Waals surface area contributed by atoms with E-state index < -0.39 is 7.82 Å². The van der Waals surface area contributed by atoms with Gasteiger partial charge in [-0.15, -0.1) is 0 Å². The van der Waals surface area contributed by atoms with Crippen LogP contribution in [0.25, 0.3) is 0 Å². The molecule has 0 atom stereocenters. The Hall–Kier alpha value is -0.0500. The van der Waals surface area contributed by atoms with Crippen LogP contribution in [0.3, 0.4) is 0 Å². The largest absolute Gasteiger partial charge is 0.469 e. The minimum atomic E-state index is -4.23. The van der Waals surface area contributed by atoms with Gasteiger partial charge in [0.2, 0.25) is 0 Å². The van der Waals surface area contributed by atoms with Crippen LogP contribution in [0.4, 0.5) is 0 Å². The molecular formula is C12H37N2O6P. The van der Waals surface area contributed by atoms with Gasteiger partial charge in [-0.3, -0.25) is 4.52 Å². The summed E-state index contributed by atoms with van der Waals surface area (Å²) in [5, 5.41) is 15.1. The van der Waals surface area contributed by atoms with E-state index in [9.17, 15) is 4.57 Å². The van der Waals surface area contributed by atoms with E-state index in [0.29, 0.717) is 0 Å². The van der Waals surface area contributed by atoms with Gasteiger partial charge in [0.25, 0.3) is 0 Å². The summed E-state index contributed by atoms with van der Waals surface area (Å²) in [7, 11) is -4.23. The predicted octanol–water partition coefficient (Wildman–Crippen LogP) is 2.78. The highest BCUT2D eigenvalue weighted by Crippen LogP contribution is 2.35. The summed E-state index contributed by atoms with van der Waals surface area (Å²) in [5.74, 6) is 0. The maximum atomic E-state index is 10.2. The Morgan fingerprint density at radius 2 is 1.14 bits per heavy atom. The van der Waals surface area contributed by atoms with Crippen molar-refractivity contribution < 1.29 is 29.1 Å². The minimum absolute atomic E-state index is 0. The third-order valence-electron chi connectivity index (χ3n) is 1.76. The zero-order valence-corrected chi connectivity index (χ0v) is 14.7. The second kappa shape index (κ2) is 28.2. The molecule has 0 unspecified atom stereocenters. The second-order valence-electron chi connectivity index (χ2n) is 3.72. The molecule has 21 heavy (non-hydrogen) atoms. The van der Waals surface area contributed by atoms with E-state index in [-0.39, 0.29) is 32.1 Å². The number of rotatable bonds is 8. The van der Waals surface area contributed by atoms with Gasteiger partial charge in [-0.25, -0.2) is 4.57 Å². The Balaban J connectivity index is -0.0000000919. The molecule has 0 heterocycles. The summed E-state index contributed by atoms with van der Waals surface area (Å²) < 4.78 is 14.5. The SMILES string of the molecule is CCCCCCCCOP(=O)(O)O.CCO.CCO.N.N. The maximum absolute atomic E-state index is 10.2. The van der Waals surface area contributed by atoms with Crippen LogP contribution >= 0.6 is 7.82 Å². The first-order valence-corrected chi connectivity index (χ1v) is 8.34. The molecule has 0 aromatic rings. The van der Waals surface area contributed by atoms with E-state index in [1.165, 1.54) is 19.3 Å². The quantitative estimate of drug-likeness (QED) is 0.289. The van der Waals surface area contributed by atoms with Gasteiger partial charge in [0.05, 0.1) is 6.61 Å². The molecule has 0 aromatic carbocycles. The van der Waals surface area contributed by atoms with Crippen LogP contribution in [0.5, 0.6) is 0 Å². The van der Waals surface area contributed by atoms with E-state index in [4.69, 9.17) is 20.0 Å². The molecular weight excluding hydrogens is 299 g/mol. The normalized spacial score (nSPS) is 9.10. The van der Waals surface area contributed by atoms with Gasteiger partial charge >= 0.3 is 7.82 Å². The van der Waals surface area contributed by atoms with Gasteiger partial charge in [-0.2, -0.15) is 0 Å². The lowest BCUT2D eigenvalue weighted by molar-refractivity contribution is 0.193. The molecule has 136 valence electrons. The summed E-state index contributed by atoms with van der Waals surface area (Å²) in [5.41, 5.74) is 0. The van der Waals surface area contributed by atoms with Crippen LogP contribution in [0.15, 0.2) is 0 Å². The van der Waals surface area contributed by atoms with Gasteiger partial charge < -0.3 is 32.3 Å². The van der Waals surface area contributed by atoms with Crippen molar-refractivity contribution in [2.75, 3.05) is 19.8 Å². The van der Waals surface area contributed by atoms with Crippen LogP contribution in [-0.4, -0.2) is 39.8 Å². The van der Waals surface area contributed by atoms with Crippen LogP contribution in [0.1, 0.15) is 59.3 Å². The summed E-state index contributed by atoms with van der Waals surface area (Å²) in [6, 6.07) is 0. The van der Waals surface area contributed by atoms with Crippen LogP contribution in [0, 0.1) is 0 Å². The fourth-order valence-corrected chi connectivity index (χ4v) is 1.43. The highest BCUT2D eigenvalue weighted by atomic mass is 31.2. The van der Waals surface area contributed by atoms with E-state index in [1.807, 2.05) is 0 Å². The third-order valence-corrected chi connectivity index (χ3v) is 2.28. The molecule has 0 aliphatic carbocycles. The van der Waals surface area contributed by atoms with Crippen molar-refractivity contribution in [3.8, 4) is 0 Å². The molecule has 9 heteroatoms. The van der Waals surface area contributed by atoms with Gasteiger partial charge in [-0.05, 0) is 20.3 Å². The topological polar surface area (TPSA) is 177 Å². The summed E-state index contributed by atoms with van der Waals surface area (Å²) in [4.78, 5) is 16.7. The van der Waals surface area contributed by atoms with Crippen molar-refractivity contribution >= 4 is 7.82 Å². The molecule has 0 fully saturated rings. The lowest BCUT2D eigenvalue weighted by Gasteiger charge is -2.04. The van der Waals surface area contributed by atoms with Crippen LogP contribution < -0.4 is 12.3 Å². The smallest absolute Gasteiger partial charge is 0.397 e. The van der Waals surface area contributed by atoms with Crippen molar-refractivity contribution in [1.29, 1.82) is 0 Å². The molecule has 0 radical (unpaired) electrons. The maximum Gasteiger partial charge on any atom is 0.469 e. The highest BCUT2D eigenvalue weighted by Gasteiger charge is 2.12. The molecule has 0 saturated carbocycles. The van der Waals surface area contributed by atoms with Crippen molar-refractivity contribution in [3.63, 3.8) is 0 Å². The van der Waals surface area contributed by atoms with Gasteiger partial charge in [-0.1, -0.05) is 39.0 Å². The number of aliphatic hydroxyl groups excluding tert-OH is 2. The lowest BCUT2D eigenvalue weighted by atomic mass is 10.1. The fourth-order valence-electron chi connectivity index (χ4n) is 1.07. The van der Waals surface area contributed by atoms with E-state index >= 15 is 0 Å². The lowest BCUT2D eigenvalue weighted by Crippen LogP contribution is -1.92. The number of phosphoric acid groups is 1. The van der Waals surface area contributed by atoms with Crippen LogP contribution in [0.2, 0.25) is 0 Å². The Labute approximate surface area is 129 Å². The Bertz CT molecular complexity index is 191. The Morgan fingerprint density at radius 3 is 1.48 bits per heavy atom. The van der Waals surface area contributed by atoms with Crippen molar-refractivity contribution in [1.82, 2.24) is 12.3 Å². The summed E-state index contributed by atoms with van der Waals surface area (Å²) >= 11 is 0. The number of hydrogen-bond acceptors (Lipinski definition) is 6. The third kappa shape index (κ3) is 64.9. The zero-order valence-electron chi connectivity index (χ0n) is 13.8. The molecule has 10 N–H and O–H groups in total. The molecule has 0 aromatic heterocycles. The molecule has 0 spiro atoms.